The first-order valence-corrected chi connectivity index (χ1v) is 7.88. The fraction of sp³-hybridized carbons (Fsp3) is 0.353. The molecule has 1 aromatic carbocycles. The van der Waals surface area contributed by atoms with Gasteiger partial charge in [0.2, 0.25) is 11.9 Å². The van der Waals surface area contributed by atoms with Gasteiger partial charge in [0, 0.05) is 37.5 Å². The maximum absolute atomic E-state index is 13.0. The topological polar surface area (TPSA) is 70.2 Å². The summed E-state index contributed by atoms with van der Waals surface area (Å²) in [6.45, 7) is 3.55. The molecule has 0 bridgehead atoms. The van der Waals surface area contributed by atoms with Crippen LogP contribution in [0.3, 0.4) is 0 Å². The Morgan fingerprint density at radius 3 is 2.15 bits per heavy atom. The van der Waals surface area contributed by atoms with Crippen molar-refractivity contribution in [3.8, 4) is 0 Å². The quantitative estimate of drug-likeness (QED) is 0.839. The first-order chi connectivity index (χ1) is 12.1. The van der Waals surface area contributed by atoms with Gasteiger partial charge in [0.05, 0.1) is 0 Å². The monoisotopic (exact) mass is 367 g/mol. The average Bonchev–Trinajstić information content (AvgIpc) is 2.55. The lowest BCUT2D eigenvalue weighted by molar-refractivity contribution is -0.141. The van der Waals surface area contributed by atoms with E-state index in [-0.39, 0.29) is 23.6 Å². The molecule has 0 saturated heterocycles. The predicted octanol–water partition coefficient (Wildman–Crippen LogP) is 3.90. The van der Waals surface area contributed by atoms with Gasteiger partial charge in [-0.25, -0.2) is 4.98 Å². The highest BCUT2D eigenvalue weighted by Crippen LogP contribution is 2.30. The molecule has 0 saturated carbocycles. The molecular formula is C17H20F3N5O. The Kier molecular flexibility index (Phi) is 5.69. The minimum Gasteiger partial charge on any atom is -0.363 e. The second-order valence-corrected chi connectivity index (χ2v) is 6.17. The summed E-state index contributed by atoms with van der Waals surface area (Å²) in [6, 6.07) is 7.41. The minimum atomic E-state index is -4.57. The summed E-state index contributed by atoms with van der Waals surface area (Å²) < 4.78 is 39.0. The van der Waals surface area contributed by atoms with Gasteiger partial charge in [-0.15, -0.1) is 0 Å². The first-order valence-electron chi connectivity index (χ1n) is 7.88. The lowest BCUT2D eigenvalue weighted by Gasteiger charge is -2.16. The molecule has 1 amide bonds. The third-order valence-corrected chi connectivity index (χ3v) is 3.39. The van der Waals surface area contributed by atoms with Crippen molar-refractivity contribution in [2.24, 2.45) is 5.92 Å². The van der Waals surface area contributed by atoms with Gasteiger partial charge in [-0.3, -0.25) is 4.79 Å². The number of carbonyl (C=O) groups excluding carboxylic acids is 1. The standard InChI is InChI=1S/C17H20F3N5O/c1-10(2)15(26)21-11-5-7-12(8-6-11)22-16-23-13(17(18,19)20)9-14(24-16)25(3)4/h5-10H,1-4H3,(H,21,26)(H,22,23,24). The Morgan fingerprint density at radius 1 is 1.08 bits per heavy atom. The zero-order chi connectivity index (χ0) is 19.5. The molecule has 1 aromatic heterocycles. The van der Waals surface area contributed by atoms with Crippen molar-refractivity contribution in [1.29, 1.82) is 0 Å². The molecule has 140 valence electrons. The molecule has 9 heteroatoms. The summed E-state index contributed by atoms with van der Waals surface area (Å²) in [4.78, 5) is 20.7. The molecule has 2 aromatic rings. The number of nitrogens with one attached hydrogen (secondary N) is 2. The van der Waals surface area contributed by atoms with Gasteiger partial charge in [0.15, 0.2) is 5.69 Å². The van der Waals surface area contributed by atoms with E-state index in [2.05, 4.69) is 20.6 Å². The summed E-state index contributed by atoms with van der Waals surface area (Å²) >= 11 is 0. The second-order valence-electron chi connectivity index (χ2n) is 6.17. The zero-order valence-corrected chi connectivity index (χ0v) is 14.8. The number of carbonyl (C=O) groups is 1. The van der Waals surface area contributed by atoms with Crippen LogP contribution < -0.4 is 15.5 Å². The van der Waals surface area contributed by atoms with E-state index >= 15 is 0 Å². The molecule has 6 nitrogen and oxygen atoms in total. The fourth-order valence-corrected chi connectivity index (χ4v) is 1.92. The fourth-order valence-electron chi connectivity index (χ4n) is 1.92. The third kappa shape index (κ3) is 5.08. The number of anilines is 4. The summed E-state index contributed by atoms with van der Waals surface area (Å²) in [7, 11) is 3.19. The molecule has 0 atom stereocenters. The van der Waals surface area contributed by atoms with Crippen molar-refractivity contribution in [2.45, 2.75) is 20.0 Å². The van der Waals surface area contributed by atoms with Gasteiger partial charge in [-0.2, -0.15) is 18.2 Å². The van der Waals surface area contributed by atoms with Gasteiger partial charge < -0.3 is 15.5 Å². The average molecular weight is 367 g/mol. The molecule has 0 unspecified atom stereocenters. The van der Waals surface area contributed by atoms with E-state index < -0.39 is 11.9 Å². The van der Waals surface area contributed by atoms with Crippen LogP contribution >= 0.6 is 0 Å². The lowest BCUT2D eigenvalue weighted by Crippen LogP contribution is -2.17. The number of benzene rings is 1. The van der Waals surface area contributed by atoms with Crippen molar-refractivity contribution >= 4 is 29.0 Å². The molecule has 0 spiro atoms. The highest BCUT2D eigenvalue weighted by atomic mass is 19.4. The summed E-state index contributed by atoms with van der Waals surface area (Å²) in [5, 5.41) is 5.49. The number of hydrogen-bond donors (Lipinski definition) is 2. The van der Waals surface area contributed by atoms with Gasteiger partial charge in [0.1, 0.15) is 5.82 Å². The van der Waals surface area contributed by atoms with Crippen molar-refractivity contribution < 1.29 is 18.0 Å². The van der Waals surface area contributed by atoms with Gasteiger partial charge in [-0.05, 0) is 24.3 Å². The van der Waals surface area contributed by atoms with Crippen LogP contribution in [-0.2, 0) is 11.0 Å². The largest absolute Gasteiger partial charge is 0.433 e. The Hall–Kier alpha value is -2.84. The first kappa shape index (κ1) is 19.5. The van der Waals surface area contributed by atoms with E-state index in [9.17, 15) is 18.0 Å². The van der Waals surface area contributed by atoms with Crippen LogP contribution in [-0.4, -0.2) is 30.0 Å². The lowest BCUT2D eigenvalue weighted by atomic mass is 10.2. The van der Waals surface area contributed by atoms with Crippen LogP contribution in [0.15, 0.2) is 30.3 Å². The number of aromatic nitrogens is 2. The van der Waals surface area contributed by atoms with E-state index in [1.165, 1.54) is 4.90 Å². The summed E-state index contributed by atoms with van der Waals surface area (Å²) in [5.41, 5.74) is 0.0595. The molecule has 2 N–H and O–H groups in total. The van der Waals surface area contributed by atoms with E-state index in [0.29, 0.717) is 11.4 Å². The molecule has 0 aliphatic heterocycles. The maximum Gasteiger partial charge on any atom is 0.433 e. The number of hydrogen-bond acceptors (Lipinski definition) is 5. The predicted molar refractivity (Wildman–Crippen MR) is 94.6 cm³/mol. The Balaban J connectivity index is 2.22. The molecule has 26 heavy (non-hydrogen) atoms. The smallest absolute Gasteiger partial charge is 0.363 e. The van der Waals surface area contributed by atoms with E-state index in [1.807, 2.05) is 0 Å². The van der Waals surface area contributed by atoms with E-state index in [1.54, 1.807) is 52.2 Å². The maximum atomic E-state index is 13.0. The van der Waals surface area contributed by atoms with Crippen molar-refractivity contribution in [1.82, 2.24) is 9.97 Å². The molecule has 0 aliphatic carbocycles. The minimum absolute atomic E-state index is 0.123. The van der Waals surface area contributed by atoms with Crippen LogP contribution in [0.4, 0.5) is 36.3 Å². The van der Waals surface area contributed by atoms with Crippen LogP contribution in [0.25, 0.3) is 0 Å². The van der Waals surface area contributed by atoms with Crippen LogP contribution in [0.1, 0.15) is 19.5 Å². The van der Waals surface area contributed by atoms with Crippen molar-refractivity contribution in [3.63, 3.8) is 0 Å². The number of amides is 1. The normalized spacial score (nSPS) is 11.4. The molecule has 2 rings (SSSR count). The van der Waals surface area contributed by atoms with Crippen LogP contribution in [0.5, 0.6) is 0 Å². The number of halogens is 3. The number of nitrogens with zero attached hydrogens (tertiary/aromatic N) is 3. The highest BCUT2D eigenvalue weighted by molar-refractivity contribution is 5.92. The van der Waals surface area contributed by atoms with Gasteiger partial charge in [0.25, 0.3) is 0 Å². The number of rotatable bonds is 5. The Labute approximate surface area is 149 Å². The molecule has 0 radical (unpaired) electrons. The summed E-state index contributed by atoms with van der Waals surface area (Å²) in [5.74, 6) is -0.309. The Morgan fingerprint density at radius 2 is 1.65 bits per heavy atom. The SMILES string of the molecule is CC(C)C(=O)Nc1ccc(Nc2nc(N(C)C)cc(C(F)(F)F)n2)cc1. The zero-order valence-electron chi connectivity index (χ0n) is 14.8. The molecular weight excluding hydrogens is 347 g/mol. The Bertz CT molecular complexity index is 773. The molecule has 0 aliphatic rings. The van der Waals surface area contributed by atoms with Crippen LogP contribution in [0, 0.1) is 5.92 Å². The van der Waals surface area contributed by atoms with Gasteiger partial charge in [-0.1, -0.05) is 13.8 Å². The second kappa shape index (κ2) is 7.59. The highest BCUT2D eigenvalue weighted by Gasteiger charge is 2.34. The third-order valence-electron chi connectivity index (χ3n) is 3.39. The summed E-state index contributed by atoms with van der Waals surface area (Å²) in [6.07, 6.45) is -4.57. The molecule has 1 heterocycles. The number of alkyl halides is 3. The van der Waals surface area contributed by atoms with Gasteiger partial charge >= 0.3 is 6.18 Å². The van der Waals surface area contributed by atoms with E-state index in [0.717, 1.165) is 6.07 Å². The van der Waals surface area contributed by atoms with Crippen LogP contribution in [0.2, 0.25) is 0 Å². The molecule has 0 fully saturated rings. The van der Waals surface area contributed by atoms with E-state index in [4.69, 9.17) is 0 Å². The van der Waals surface area contributed by atoms with Crippen molar-refractivity contribution in [2.75, 3.05) is 29.6 Å². The van der Waals surface area contributed by atoms with Crippen molar-refractivity contribution in [3.05, 3.63) is 36.0 Å².